The zero-order valence-corrected chi connectivity index (χ0v) is 18.2. The lowest BCUT2D eigenvalue weighted by molar-refractivity contribution is 0.102. The first kappa shape index (κ1) is 20.9. The van der Waals surface area contributed by atoms with Gasteiger partial charge in [-0.2, -0.15) is 0 Å². The average Bonchev–Trinajstić information content (AvgIpc) is 2.79. The Hall–Kier alpha value is -3.37. The summed E-state index contributed by atoms with van der Waals surface area (Å²) < 4.78 is 5.89. The summed E-state index contributed by atoms with van der Waals surface area (Å²) in [6.07, 6.45) is 0.915. The molecule has 0 atom stereocenters. The van der Waals surface area contributed by atoms with Crippen LogP contribution in [-0.2, 0) is 6.42 Å². The topological polar surface area (TPSA) is 51.2 Å². The lowest BCUT2D eigenvalue weighted by Crippen LogP contribution is -2.12. The van der Waals surface area contributed by atoms with E-state index in [9.17, 15) is 4.79 Å². The van der Waals surface area contributed by atoms with Gasteiger partial charge in [-0.1, -0.05) is 42.8 Å². The van der Waals surface area contributed by atoms with Crippen molar-refractivity contribution in [1.82, 2.24) is 4.98 Å². The molecular formula is C26H23ClN2O2. The predicted octanol–water partition coefficient (Wildman–Crippen LogP) is 6.77. The van der Waals surface area contributed by atoms with Crippen LogP contribution in [0.5, 0.6) is 5.75 Å². The Balaban J connectivity index is 1.71. The number of carbonyl (C=O) groups excluding carboxylic acids is 1. The molecule has 1 N–H and O–H groups in total. The minimum absolute atomic E-state index is 0.170. The minimum Gasteiger partial charge on any atom is -0.493 e. The molecule has 4 rings (SSSR count). The third-order valence-electron chi connectivity index (χ3n) is 5.05. The molecule has 156 valence electrons. The van der Waals surface area contributed by atoms with Crippen LogP contribution in [0.2, 0.25) is 5.02 Å². The Bertz CT molecular complexity index is 1250. The van der Waals surface area contributed by atoms with Crippen molar-refractivity contribution < 1.29 is 9.53 Å². The second kappa shape index (κ2) is 9.19. The number of anilines is 1. The van der Waals surface area contributed by atoms with Crippen molar-refractivity contribution in [2.75, 3.05) is 11.9 Å². The van der Waals surface area contributed by atoms with Gasteiger partial charge in [-0.15, -0.1) is 0 Å². The van der Waals surface area contributed by atoms with E-state index in [1.165, 1.54) is 5.56 Å². The molecule has 0 aliphatic rings. The summed E-state index contributed by atoms with van der Waals surface area (Å²) in [4.78, 5) is 17.6. The first-order valence-electron chi connectivity index (χ1n) is 10.3. The summed E-state index contributed by atoms with van der Waals surface area (Å²) in [6.45, 7) is 4.53. The van der Waals surface area contributed by atoms with Gasteiger partial charge >= 0.3 is 0 Å². The first-order valence-corrected chi connectivity index (χ1v) is 10.7. The second-order valence-electron chi connectivity index (χ2n) is 7.19. The van der Waals surface area contributed by atoms with Crippen LogP contribution in [0.25, 0.3) is 22.2 Å². The van der Waals surface area contributed by atoms with Gasteiger partial charge in [0.15, 0.2) is 0 Å². The van der Waals surface area contributed by atoms with E-state index in [1.54, 1.807) is 6.07 Å². The fourth-order valence-corrected chi connectivity index (χ4v) is 3.67. The third kappa shape index (κ3) is 4.70. The van der Waals surface area contributed by atoms with Gasteiger partial charge in [0.05, 0.1) is 17.8 Å². The number of aromatic nitrogens is 1. The lowest BCUT2D eigenvalue weighted by Gasteiger charge is -2.12. The predicted molar refractivity (Wildman–Crippen MR) is 127 cm³/mol. The number of carbonyl (C=O) groups is 1. The molecule has 1 heterocycles. The summed E-state index contributed by atoms with van der Waals surface area (Å²) in [5.74, 6) is 0.515. The minimum atomic E-state index is -0.170. The Labute approximate surface area is 186 Å². The Morgan fingerprint density at radius 1 is 1.00 bits per heavy atom. The molecule has 0 saturated carbocycles. The van der Waals surface area contributed by atoms with E-state index in [1.807, 2.05) is 73.7 Å². The fourth-order valence-electron chi connectivity index (χ4n) is 3.48. The molecule has 0 fully saturated rings. The van der Waals surface area contributed by atoms with E-state index >= 15 is 0 Å². The molecular weight excluding hydrogens is 408 g/mol. The largest absolute Gasteiger partial charge is 0.493 e. The molecule has 0 spiro atoms. The summed E-state index contributed by atoms with van der Waals surface area (Å²) in [5.41, 5.74) is 4.94. The number of nitrogens with one attached hydrogen (secondary N) is 1. The van der Waals surface area contributed by atoms with Gasteiger partial charge in [-0.25, -0.2) is 4.98 Å². The third-order valence-corrected chi connectivity index (χ3v) is 5.28. The van der Waals surface area contributed by atoms with Gasteiger partial charge in [-0.3, -0.25) is 4.79 Å². The number of fused-ring (bicyclic) bond motifs is 1. The van der Waals surface area contributed by atoms with Crippen LogP contribution in [0, 0.1) is 0 Å². The number of pyridine rings is 1. The van der Waals surface area contributed by atoms with Gasteiger partial charge in [0.1, 0.15) is 5.75 Å². The van der Waals surface area contributed by atoms with Crippen molar-refractivity contribution in [1.29, 1.82) is 0 Å². The van der Waals surface area contributed by atoms with E-state index in [2.05, 4.69) is 12.2 Å². The molecule has 0 aliphatic heterocycles. The van der Waals surface area contributed by atoms with Crippen LogP contribution in [-0.4, -0.2) is 17.5 Å². The van der Waals surface area contributed by atoms with Crippen LogP contribution in [0.3, 0.4) is 0 Å². The number of halogens is 1. The van der Waals surface area contributed by atoms with Crippen LogP contribution >= 0.6 is 11.6 Å². The molecule has 1 amide bonds. The summed E-state index contributed by atoms with van der Waals surface area (Å²) in [6, 6.07) is 22.8. The van der Waals surface area contributed by atoms with Crippen molar-refractivity contribution >= 4 is 34.1 Å². The average molecular weight is 431 g/mol. The summed E-state index contributed by atoms with van der Waals surface area (Å²) in [5, 5.41) is 4.42. The van der Waals surface area contributed by atoms with Crippen LogP contribution in [0.4, 0.5) is 5.69 Å². The highest BCUT2D eigenvalue weighted by Crippen LogP contribution is 2.32. The highest BCUT2D eigenvalue weighted by molar-refractivity contribution is 6.30. The van der Waals surface area contributed by atoms with Crippen LogP contribution in [0.15, 0.2) is 72.8 Å². The Kier molecular flexibility index (Phi) is 6.19. The number of benzene rings is 3. The van der Waals surface area contributed by atoms with Gasteiger partial charge in [0.2, 0.25) is 0 Å². The lowest BCUT2D eigenvalue weighted by atomic mass is 10.1. The molecule has 1 aromatic heterocycles. The zero-order valence-electron chi connectivity index (χ0n) is 17.5. The normalized spacial score (nSPS) is 10.8. The van der Waals surface area contributed by atoms with E-state index in [0.717, 1.165) is 34.3 Å². The fraction of sp³-hybridized carbons (Fsp3) is 0.154. The van der Waals surface area contributed by atoms with Crippen molar-refractivity contribution in [3.05, 3.63) is 88.9 Å². The highest BCUT2D eigenvalue weighted by atomic mass is 35.5. The molecule has 0 radical (unpaired) electrons. The van der Waals surface area contributed by atoms with Crippen molar-refractivity contribution in [3.8, 4) is 17.0 Å². The highest BCUT2D eigenvalue weighted by Gasteiger charge is 2.13. The van der Waals surface area contributed by atoms with E-state index in [4.69, 9.17) is 21.3 Å². The second-order valence-corrected chi connectivity index (χ2v) is 7.63. The quantitative estimate of drug-likeness (QED) is 0.367. The van der Waals surface area contributed by atoms with Crippen molar-refractivity contribution in [2.24, 2.45) is 0 Å². The number of hydrogen-bond acceptors (Lipinski definition) is 3. The first-order chi connectivity index (χ1) is 15.1. The maximum atomic E-state index is 12.9. The van der Waals surface area contributed by atoms with Crippen LogP contribution in [0.1, 0.15) is 29.8 Å². The van der Waals surface area contributed by atoms with Crippen molar-refractivity contribution in [3.63, 3.8) is 0 Å². The van der Waals surface area contributed by atoms with Gasteiger partial charge in [0.25, 0.3) is 5.91 Å². The number of nitrogens with zero attached hydrogens (tertiary/aromatic N) is 1. The Morgan fingerprint density at radius 2 is 1.84 bits per heavy atom. The monoisotopic (exact) mass is 430 g/mol. The SMILES string of the molecule is CCOc1cc(-c2cccc(Cl)c2)nc2ccc(C(=O)Nc3cccc(CC)c3)cc12. The van der Waals surface area contributed by atoms with E-state index in [0.29, 0.717) is 22.9 Å². The molecule has 3 aromatic carbocycles. The molecule has 0 aliphatic carbocycles. The van der Waals surface area contributed by atoms with Crippen molar-refractivity contribution in [2.45, 2.75) is 20.3 Å². The standard InChI is InChI=1S/C26H23ClN2O2/c1-3-17-7-5-10-21(13-17)28-26(30)19-11-12-23-22(15-19)25(31-4-2)16-24(29-23)18-8-6-9-20(27)14-18/h5-16H,3-4H2,1-2H3,(H,28,30). The van der Waals surface area contributed by atoms with Gasteiger partial charge in [-0.05, 0) is 61.4 Å². The number of ether oxygens (including phenoxy) is 1. The van der Waals surface area contributed by atoms with E-state index in [-0.39, 0.29) is 5.91 Å². The zero-order chi connectivity index (χ0) is 21.8. The summed E-state index contributed by atoms with van der Waals surface area (Å²) >= 11 is 6.15. The molecule has 4 nitrogen and oxygen atoms in total. The molecule has 4 aromatic rings. The van der Waals surface area contributed by atoms with Gasteiger partial charge < -0.3 is 10.1 Å². The van der Waals surface area contributed by atoms with Gasteiger partial charge in [0, 0.05) is 33.3 Å². The van der Waals surface area contributed by atoms with E-state index < -0.39 is 0 Å². The maximum absolute atomic E-state index is 12.9. The molecule has 5 heteroatoms. The smallest absolute Gasteiger partial charge is 0.255 e. The van der Waals surface area contributed by atoms with Crippen LogP contribution < -0.4 is 10.1 Å². The molecule has 31 heavy (non-hydrogen) atoms. The number of aryl methyl sites for hydroxylation is 1. The summed E-state index contributed by atoms with van der Waals surface area (Å²) in [7, 11) is 0. The number of rotatable bonds is 6. The Morgan fingerprint density at radius 3 is 2.61 bits per heavy atom. The maximum Gasteiger partial charge on any atom is 0.255 e. The number of hydrogen-bond donors (Lipinski definition) is 1. The molecule has 0 saturated heterocycles. The molecule has 0 unspecified atom stereocenters. The number of amides is 1. The molecule has 0 bridgehead atoms.